The number of amides is 1. The Kier molecular flexibility index (Phi) is 4.16. The molecule has 0 aromatic heterocycles. The van der Waals surface area contributed by atoms with Crippen molar-refractivity contribution in [3.8, 4) is 5.75 Å². The number of aryl methyl sites for hydroxylation is 2. The van der Waals surface area contributed by atoms with Gasteiger partial charge in [0, 0.05) is 6.54 Å². The second kappa shape index (κ2) is 5.39. The van der Waals surface area contributed by atoms with Crippen LogP contribution in [0.3, 0.4) is 0 Å². The smallest absolute Gasteiger partial charge is 0.410 e. The maximum absolute atomic E-state index is 11.2. The molecule has 0 aliphatic heterocycles. The summed E-state index contributed by atoms with van der Waals surface area (Å²) in [5, 5.41) is 2.65. The Morgan fingerprint density at radius 1 is 1.33 bits per heavy atom. The van der Waals surface area contributed by atoms with Gasteiger partial charge in [-0.05, 0) is 43.5 Å². The van der Waals surface area contributed by atoms with Crippen molar-refractivity contribution in [2.75, 3.05) is 6.54 Å². The number of rotatable bonds is 3. The molecule has 3 nitrogen and oxygen atoms in total. The average Bonchev–Trinajstić information content (AvgIpc) is 2.20. The van der Waals surface area contributed by atoms with Crippen LogP contribution in [-0.2, 0) is 0 Å². The SMILES string of the molecule is CCCNC(=O)Oc1ccc(C)c(C)c1. The third-order valence-electron chi connectivity index (χ3n) is 2.21. The fourth-order valence-corrected chi connectivity index (χ4v) is 1.15. The summed E-state index contributed by atoms with van der Waals surface area (Å²) in [5.74, 6) is 0.590. The van der Waals surface area contributed by atoms with Crippen molar-refractivity contribution in [2.24, 2.45) is 0 Å². The van der Waals surface area contributed by atoms with E-state index in [0.717, 1.165) is 12.0 Å². The van der Waals surface area contributed by atoms with Gasteiger partial charge >= 0.3 is 6.09 Å². The number of benzene rings is 1. The van der Waals surface area contributed by atoms with Crippen molar-refractivity contribution >= 4 is 6.09 Å². The highest BCUT2D eigenvalue weighted by Gasteiger charge is 2.03. The zero-order chi connectivity index (χ0) is 11.3. The minimum absolute atomic E-state index is 0.389. The molecule has 0 unspecified atom stereocenters. The van der Waals surface area contributed by atoms with E-state index in [1.165, 1.54) is 5.56 Å². The third kappa shape index (κ3) is 3.62. The zero-order valence-electron chi connectivity index (χ0n) is 9.46. The van der Waals surface area contributed by atoms with Crippen molar-refractivity contribution in [2.45, 2.75) is 27.2 Å². The van der Waals surface area contributed by atoms with E-state index in [1.807, 2.05) is 32.9 Å². The van der Waals surface area contributed by atoms with Gasteiger partial charge in [0.1, 0.15) is 5.75 Å². The van der Waals surface area contributed by atoms with Gasteiger partial charge in [0.2, 0.25) is 0 Å². The van der Waals surface area contributed by atoms with Crippen LogP contribution in [0.5, 0.6) is 5.75 Å². The molecule has 0 saturated heterocycles. The van der Waals surface area contributed by atoms with Gasteiger partial charge in [0.25, 0.3) is 0 Å². The molecule has 1 aromatic carbocycles. The van der Waals surface area contributed by atoms with Gasteiger partial charge in [-0.25, -0.2) is 4.79 Å². The molecule has 82 valence electrons. The highest BCUT2D eigenvalue weighted by atomic mass is 16.5. The molecule has 0 aliphatic rings. The molecular weight excluding hydrogens is 190 g/mol. The molecule has 1 aromatic rings. The molecule has 0 saturated carbocycles. The van der Waals surface area contributed by atoms with Crippen LogP contribution in [0.25, 0.3) is 0 Å². The van der Waals surface area contributed by atoms with Crippen molar-refractivity contribution in [1.29, 1.82) is 0 Å². The van der Waals surface area contributed by atoms with E-state index >= 15 is 0 Å². The number of nitrogens with one attached hydrogen (secondary N) is 1. The minimum atomic E-state index is -0.389. The lowest BCUT2D eigenvalue weighted by molar-refractivity contribution is 0.200. The average molecular weight is 207 g/mol. The summed E-state index contributed by atoms with van der Waals surface area (Å²) < 4.78 is 5.10. The third-order valence-corrected chi connectivity index (χ3v) is 2.21. The summed E-state index contributed by atoms with van der Waals surface area (Å²) in [6.07, 6.45) is 0.516. The van der Waals surface area contributed by atoms with E-state index in [0.29, 0.717) is 12.3 Å². The topological polar surface area (TPSA) is 38.3 Å². The first-order chi connectivity index (χ1) is 7.13. The van der Waals surface area contributed by atoms with Gasteiger partial charge in [0.05, 0.1) is 0 Å². The number of ether oxygens (including phenoxy) is 1. The first-order valence-electron chi connectivity index (χ1n) is 5.16. The minimum Gasteiger partial charge on any atom is -0.410 e. The molecule has 1 amide bonds. The van der Waals surface area contributed by atoms with Crippen LogP contribution in [-0.4, -0.2) is 12.6 Å². The van der Waals surface area contributed by atoms with E-state index in [9.17, 15) is 4.79 Å². The molecule has 0 atom stereocenters. The molecule has 15 heavy (non-hydrogen) atoms. The molecule has 0 fully saturated rings. The van der Waals surface area contributed by atoms with E-state index in [4.69, 9.17) is 4.74 Å². The normalized spacial score (nSPS) is 9.80. The van der Waals surface area contributed by atoms with E-state index in [-0.39, 0.29) is 6.09 Å². The van der Waals surface area contributed by atoms with Gasteiger partial charge in [-0.2, -0.15) is 0 Å². The quantitative estimate of drug-likeness (QED) is 0.827. The van der Waals surface area contributed by atoms with Gasteiger partial charge in [-0.3, -0.25) is 0 Å². The van der Waals surface area contributed by atoms with E-state index < -0.39 is 0 Å². The maximum Gasteiger partial charge on any atom is 0.412 e. The number of hydrogen-bond acceptors (Lipinski definition) is 2. The van der Waals surface area contributed by atoms with E-state index in [2.05, 4.69) is 5.32 Å². The predicted octanol–water partition coefficient (Wildman–Crippen LogP) is 2.80. The summed E-state index contributed by atoms with van der Waals surface area (Å²) in [5.41, 5.74) is 2.31. The number of carbonyl (C=O) groups is 1. The Balaban J connectivity index is 2.57. The lowest BCUT2D eigenvalue weighted by Gasteiger charge is -2.07. The molecule has 0 radical (unpaired) electrons. The van der Waals surface area contributed by atoms with Crippen LogP contribution in [0, 0.1) is 13.8 Å². The van der Waals surface area contributed by atoms with E-state index in [1.54, 1.807) is 6.07 Å². The second-order valence-corrected chi connectivity index (χ2v) is 3.56. The summed E-state index contributed by atoms with van der Waals surface area (Å²) in [4.78, 5) is 11.2. The van der Waals surface area contributed by atoms with Crippen molar-refractivity contribution in [3.05, 3.63) is 29.3 Å². The van der Waals surface area contributed by atoms with Crippen LogP contribution >= 0.6 is 0 Å². The van der Waals surface area contributed by atoms with Crippen molar-refractivity contribution in [3.63, 3.8) is 0 Å². The molecule has 0 bridgehead atoms. The molecule has 1 N–H and O–H groups in total. The predicted molar refractivity (Wildman–Crippen MR) is 60.2 cm³/mol. The summed E-state index contributed by atoms with van der Waals surface area (Å²) in [6.45, 7) is 6.66. The van der Waals surface area contributed by atoms with Gasteiger partial charge in [-0.1, -0.05) is 13.0 Å². The highest BCUT2D eigenvalue weighted by Crippen LogP contribution is 2.16. The Labute approximate surface area is 90.4 Å². The Morgan fingerprint density at radius 3 is 2.67 bits per heavy atom. The van der Waals surface area contributed by atoms with Crippen LogP contribution in [0.1, 0.15) is 24.5 Å². The maximum atomic E-state index is 11.2. The molecule has 0 aliphatic carbocycles. The van der Waals surface area contributed by atoms with Gasteiger partial charge < -0.3 is 10.1 Å². The Bertz CT molecular complexity index is 347. The van der Waals surface area contributed by atoms with Crippen LogP contribution in [0.15, 0.2) is 18.2 Å². The molecule has 1 rings (SSSR count). The molecular formula is C12H17NO2. The largest absolute Gasteiger partial charge is 0.412 e. The number of hydrogen-bond donors (Lipinski definition) is 1. The Morgan fingerprint density at radius 2 is 2.07 bits per heavy atom. The fourth-order valence-electron chi connectivity index (χ4n) is 1.15. The molecule has 0 heterocycles. The van der Waals surface area contributed by atoms with Crippen LogP contribution < -0.4 is 10.1 Å². The summed E-state index contributed by atoms with van der Waals surface area (Å²) in [7, 11) is 0. The monoisotopic (exact) mass is 207 g/mol. The van der Waals surface area contributed by atoms with Crippen LogP contribution in [0.2, 0.25) is 0 Å². The van der Waals surface area contributed by atoms with Crippen molar-refractivity contribution < 1.29 is 9.53 Å². The Hall–Kier alpha value is -1.51. The highest BCUT2D eigenvalue weighted by molar-refractivity contribution is 5.70. The first-order valence-corrected chi connectivity index (χ1v) is 5.16. The summed E-state index contributed by atoms with van der Waals surface area (Å²) >= 11 is 0. The second-order valence-electron chi connectivity index (χ2n) is 3.56. The fraction of sp³-hybridized carbons (Fsp3) is 0.417. The molecule has 0 spiro atoms. The van der Waals surface area contributed by atoms with Crippen molar-refractivity contribution in [1.82, 2.24) is 5.32 Å². The lowest BCUT2D eigenvalue weighted by Crippen LogP contribution is -2.27. The standard InChI is InChI=1S/C12H17NO2/c1-4-7-13-12(14)15-11-6-5-9(2)10(3)8-11/h5-6,8H,4,7H2,1-3H3,(H,13,14). The first kappa shape index (κ1) is 11.6. The zero-order valence-corrected chi connectivity index (χ0v) is 9.46. The molecule has 3 heteroatoms. The summed E-state index contributed by atoms with van der Waals surface area (Å²) in [6, 6.07) is 5.60. The lowest BCUT2D eigenvalue weighted by atomic mass is 10.1. The van der Waals surface area contributed by atoms with Crippen LogP contribution in [0.4, 0.5) is 4.79 Å². The van der Waals surface area contributed by atoms with Gasteiger partial charge in [-0.15, -0.1) is 0 Å². The van der Waals surface area contributed by atoms with Gasteiger partial charge in [0.15, 0.2) is 0 Å². The number of carbonyl (C=O) groups excluding carboxylic acids is 1.